The number of fused-ring (bicyclic) bond motifs is 1. The van der Waals surface area contributed by atoms with Gasteiger partial charge in [-0.25, -0.2) is 4.79 Å². The first-order valence-corrected chi connectivity index (χ1v) is 8.03. The predicted molar refractivity (Wildman–Crippen MR) is 91.3 cm³/mol. The van der Waals surface area contributed by atoms with Crippen molar-refractivity contribution in [3.05, 3.63) is 47.5 Å². The molecule has 0 radical (unpaired) electrons. The minimum absolute atomic E-state index is 0.127. The highest BCUT2D eigenvalue weighted by molar-refractivity contribution is 6.00. The lowest BCUT2D eigenvalue weighted by atomic mass is 10.1. The molecule has 2 aromatic carbocycles. The quantitative estimate of drug-likeness (QED) is 0.556. The van der Waals surface area contributed by atoms with Gasteiger partial charge >= 0.3 is 5.97 Å². The van der Waals surface area contributed by atoms with Gasteiger partial charge < -0.3 is 23.7 Å². The average molecular weight is 358 g/mol. The summed E-state index contributed by atoms with van der Waals surface area (Å²) in [5.41, 5.74) is 0.652. The number of benzene rings is 2. The van der Waals surface area contributed by atoms with E-state index in [0.29, 0.717) is 35.2 Å². The van der Waals surface area contributed by atoms with E-state index in [9.17, 15) is 9.59 Å². The van der Waals surface area contributed by atoms with Gasteiger partial charge in [0.25, 0.3) is 0 Å². The lowest BCUT2D eigenvalue weighted by Gasteiger charge is -2.11. The standard InChI is InChI=1S/C19H18O7/c1-3-23-17-9-13(5-6-15(17)22-2)19(21)24-10-14(20)12-4-7-16-18(8-12)26-11-25-16/h4-9H,3,10-11H2,1-2H3. The summed E-state index contributed by atoms with van der Waals surface area (Å²) in [7, 11) is 1.51. The van der Waals surface area contributed by atoms with Gasteiger partial charge in [-0.05, 0) is 43.3 Å². The summed E-state index contributed by atoms with van der Waals surface area (Å²) in [4.78, 5) is 24.4. The smallest absolute Gasteiger partial charge is 0.338 e. The number of carbonyl (C=O) groups excluding carboxylic acids is 2. The van der Waals surface area contributed by atoms with Crippen molar-refractivity contribution in [1.29, 1.82) is 0 Å². The molecule has 0 atom stereocenters. The maximum absolute atomic E-state index is 12.2. The summed E-state index contributed by atoms with van der Waals surface area (Å²) < 4.78 is 26.1. The Morgan fingerprint density at radius 2 is 1.77 bits per heavy atom. The normalized spacial score (nSPS) is 11.8. The van der Waals surface area contributed by atoms with Crippen LogP contribution in [0.5, 0.6) is 23.0 Å². The number of rotatable bonds is 7. The summed E-state index contributed by atoms with van der Waals surface area (Å²) in [5, 5.41) is 0. The van der Waals surface area contributed by atoms with Crippen molar-refractivity contribution >= 4 is 11.8 Å². The lowest BCUT2D eigenvalue weighted by Crippen LogP contribution is -2.14. The van der Waals surface area contributed by atoms with Crippen LogP contribution in [0.25, 0.3) is 0 Å². The SMILES string of the molecule is CCOc1cc(C(=O)OCC(=O)c2ccc3c(c2)OCO3)ccc1OC. The van der Waals surface area contributed by atoms with Crippen molar-refractivity contribution < 1.29 is 33.3 Å². The Morgan fingerprint density at radius 1 is 1.00 bits per heavy atom. The van der Waals surface area contributed by atoms with Crippen LogP contribution in [0.4, 0.5) is 0 Å². The maximum Gasteiger partial charge on any atom is 0.338 e. The first-order valence-electron chi connectivity index (χ1n) is 8.03. The van der Waals surface area contributed by atoms with Gasteiger partial charge in [-0.3, -0.25) is 4.79 Å². The van der Waals surface area contributed by atoms with Crippen LogP contribution in [0, 0.1) is 0 Å². The minimum Gasteiger partial charge on any atom is -0.493 e. The van der Waals surface area contributed by atoms with Crippen LogP contribution >= 0.6 is 0 Å². The van der Waals surface area contributed by atoms with Crippen molar-refractivity contribution in [2.45, 2.75) is 6.92 Å². The molecule has 0 saturated carbocycles. The molecular weight excluding hydrogens is 340 g/mol. The van der Waals surface area contributed by atoms with Gasteiger partial charge in [-0.15, -0.1) is 0 Å². The Hall–Kier alpha value is -3.22. The van der Waals surface area contributed by atoms with E-state index in [1.807, 2.05) is 6.92 Å². The third kappa shape index (κ3) is 3.72. The number of esters is 1. The number of Topliss-reactive ketones (excluding diaryl/α,β-unsaturated/α-hetero) is 1. The molecular formula is C19H18O7. The van der Waals surface area contributed by atoms with E-state index in [0.717, 1.165) is 0 Å². The lowest BCUT2D eigenvalue weighted by molar-refractivity contribution is 0.0474. The molecule has 1 heterocycles. The maximum atomic E-state index is 12.2. The van der Waals surface area contributed by atoms with Crippen molar-refractivity contribution in [2.75, 3.05) is 27.1 Å². The van der Waals surface area contributed by atoms with E-state index in [1.165, 1.54) is 13.2 Å². The summed E-state index contributed by atoms with van der Waals surface area (Å²) >= 11 is 0. The van der Waals surface area contributed by atoms with Crippen molar-refractivity contribution in [1.82, 2.24) is 0 Å². The molecule has 0 fully saturated rings. The van der Waals surface area contributed by atoms with Gasteiger partial charge in [-0.1, -0.05) is 0 Å². The molecule has 0 N–H and O–H groups in total. The first-order chi connectivity index (χ1) is 12.6. The zero-order chi connectivity index (χ0) is 18.5. The highest BCUT2D eigenvalue weighted by atomic mass is 16.7. The van der Waals surface area contributed by atoms with Crippen LogP contribution in [-0.2, 0) is 4.74 Å². The van der Waals surface area contributed by atoms with E-state index in [-0.39, 0.29) is 24.7 Å². The molecule has 0 bridgehead atoms. The molecule has 26 heavy (non-hydrogen) atoms. The zero-order valence-corrected chi connectivity index (χ0v) is 14.4. The molecule has 7 nitrogen and oxygen atoms in total. The molecule has 0 aliphatic carbocycles. The second-order valence-electron chi connectivity index (χ2n) is 5.37. The van der Waals surface area contributed by atoms with Gasteiger partial charge in [0.05, 0.1) is 19.3 Å². The summed E-state index contributed by atoms with van der Waals surface area (Å²) in [5.74, 6) is 1.07. The van der Waals surface area contributed by atoms with E-state index in [4.69, 9.17) is 23.7 Å². The van der Waals surface area contributed by atoms with E-state index in [2.05, 4.69) is 0 Å². The number of hydrogen-bond acceptors (Lipinski definition) is 7. The van der Waals surface area contributed by atoms with Crippen molar-refractivity contribution in [3.8, 4) is 23.0 Å². The Balaban J connectivity index is 1.65. The molecule has 0 aromatic heterocycles. The summed E-state index contributed by atoms with van der Waals surface area (Å²) in [6, 6.07) is 9.50. The molecule has 0 unspecified atom stereocenters. The molecule has 136 valence electrons. The molecule has 0 saturated heterocycles. The Kier molecular flexibility index (Phi) is 5.26. The molecule has 0 amide bonds. The van der Waals surface area contributed by atoms with Crippen LogP contribution in [0.15, 0.2) is 36.4 Å². The summed E-state index contributed by atoms with van der Waals surface area (Å²) in [6.45, 7) is 2.00. The van der Waals surface area contributed by atoms with Crippen LogP contribution < -0.4 is 18.9 Å². The number of methoxy groups -OCH3 is 1. The Bertz CT molecular complexity index is 829. The molecule has 3 rings (SSSR count). The van der Waals surface area contributed by atoms with Crippen LogP contribution in [0.3, 0.4) is 0 Å². The third-order valence-electron chi connectivity index (χ3n) is 3.73. The van der Waals surface area contributed by atoms with Gasteiger partial charge in [0, 0.05) is 5.56 Å². The van der Waals surface area contributed by atoms with Crippen LogP contribution in [0.2, 0.25) is 0 Å². The third-order valence-corrected chi connectivity index (χ3v) is 3.73. The largest absolute Gasteiger partial charge is 0.493 e. The second kappa shape index (κ2) is 7.77. The minimum atomic E-state index is -0.623. The average Bonchev–Trinajstić information content (AvgIpc) is 3.13. The monoisotopic (exact) mass is 358 g/mol. The fraction of sp³-hybridized carbons (Fsp3) is 0.263. The molecule has 0 spiro atoms. The van der Waals surface area contributed by atoms with Crippen LogP contribution in [0.1, 0.15) is 27.6 Å². The predicted octanol–water partition coefficient (Wildman–Crippen LogP) is 2.86. The van der Waals surface area contributed by atoms with Crippen LogP contribution in [-0.4, -0.2) is 38.9 Å². The number of hydrogen-bond donors (Lipinski definition) is 0. The molecule has 1 aliphatic rings. The zero-order valence-electron chi connectivity index (χ0n) is 14.4. The number of ether oxygens (including phenoxy) is 5. The Labute approximate surface area is 150 Å². The fourth-order valence-corrected chi connectivity index (χ4v) is 2.44. The summed E-state index contributed by atoms with van der Waals surface area (Å²) in [6.07, 6.45) is 0. The second-order valence-corrected chi connectivity index (χ2v) is 5.37. The fourth-order valence-electron chi connectivity index (χ4n) is 2.44. The molecule has 1 aliphatic heterocycles. The van der Waals surface area contributed by atoms with Crippen molar-refractivity contribution in [2.24, 2.45) is 0 Å². The van der Waals surface area contributed by atoms with E-state index >= 15 is 0 Å². The van der Waals surface area contributed by atoms with E-state index < -0.39 is 5.97 Å². The highest BCUT2D eigenvalue weighted by Gasteiger charge is 2.18. The van der Waals surface area contributed by atoms with Gasteiger partial charge in [-0.2, -0.15) is 0 Å². The van der Waals surface area contributed by atoms with E-state index in [1.54, 1.807) is 30.3 Å². The topological polar surface area (TPSA) is 80.3 Å². The highest BCUT2D eigenvalue weighted by Crippen LogP contribution is 2.32. The molecule has 2 aromatic rings. The van der Waals surface area contributed by atoms with Gasteiger partial charge in [0.1, 0.15) is 0 Å². The van der Waals surface area contributed by atoms with Gasteiger partial charge in [0.2, 0.25) is 6.79 Å². The van der Waals surface area contributed by atoms with Gasteiger partial charge in [0.15, 0.2) is 35.4 Å². The van der Waals surface area contributed by atoms with Crippen molar-refractivity contribution in [3.63, 3.8) is 0 Å². The molecule has 7 heteroatoms. The first kappa shape index (κ1) is 17.6. The number of ketones is 1. The number of carbonyl (C=O) groups is 2. The Morgan fingerprint density at radius 3 is 2.54 bits per heavy atom.